The van der Waals surface area contributed by atoms with E-state index in [-0.39, 0.29) is 18.6 Å². The third-order valence-electron chi connectivity index (χ3n) is 6.45. The van der Waals surface area contributed by atoms with Crippen LogP contribution in [-0.4, -0.2) is 75.7 Å². The molecule has 1 atom stereocenters. The Morgan fingerprint density at radius 1 is 1.06 bits per heavy atom. The van der Waals surface area contributed by atoms with Gasteiger partial charge in [-0.15, -0.1) is 0 Å². The second kappa shape index (κ2) is 9.71. The van der Waals surface area contributed by atoms with Gasteiger partial charge in [0, 0.05) is 52.0 Å². The van der Waals surface area contributed by atoms with Crippen molar-refractivity contribution < 1.29 is 9.53 Å². The van der Waals surface area contributed by atoms with Crippen LogP contribution in [-0.2, 0) is 11.2 Å². The van der Waals surface area contributed by atoms with Gasteiger partial charge in [-0.25, -0.2) is 0 Å². The number of anilines is 1. The summed E-state index contributed by atoms with van der Waals surface area (Å²) >= 11 is 0. The van der Waals surface area contributed by atoms with Crippen molar-refractivity contribution in [1.82, 2.24) is 15.1 Å². The van der Waals surface area contributed by atoms with Crippen molar-refractivity contribution >= 4 is 11.6 Å². The van der Waals surface area contributed by atoms with Gasteiger partial charge in [-0.2, -0.15) is 0 Å². The largest absolute Gasteiger partial charge is 0.484 e. The van der Waals surface area contributed by atoms with Crippen LogP contribution in [0.25, 0.3) is 0 Å². The van der Waals surface area contributed by atoms with Crippen LogP contribution in [0.3, 0.4) is 0 Å². The first-order valence-corrected chi connectivity index (χ1v) is 11.2. The van der Waals surface area contributed by atoms with E-state index in [1.165, 1.54) is 16.8 Å². The number of amides is 1. The Balaban J connectivity index is 1.42. The molecule has 2 aromatic rings. The number of nitrogens with one attached hydrogen (secondary N) is 1. The summed E-state index contributed by atoms with van der Waals surface area (Å²) in [5.41, 5.74) is 5.15. The number of nitrogens with zero attached hydrogens (tertiary/aromatic N) is 3. The lowest BCUT2D eigenvalue weighted by Crippen LogP contribution is -2.48. The minimum Gasteiger partial charge on any atom is -0.484 e. The summed E-state index contributed by atoms with van der Waals surface area (Å²) in [4.78, 5) is 19.7. The molecular weight excluding hydrogens is 388 g/mol. The van der Waals surface area contributed by atoms with Gasteiger partial charge in [-0.1, -0.05) is 24.3 Å². The smallest absolute Gasteiger partial charge is 0.258 e. The number of hydrogen-bond acceptors (Lipinski definition) is 5. The van der Waals surface area contributed by atoms with Crippen LogP contribution in [0, 0.1) is 6.92 Å². The van der Waals surface area contributed by atoms with E-state index in [2.05, 4.69) is 52.3 Å². The molecule has 1 fully saturated rings. The Morgan fingerprint density at radius 2 is 1.87 bits per heavy atom. The molecule has 0 aromatic heterocycles. The molecular formula is C25H34N4O2. The van der Waals surface area contributed by atoms with E-state index in [0.29, 0.717) is 6.54 Å². The molecule has 4 rings (SSSR count). The van der Waals surface area contributed by atoms with E-state index in [4.69, 9.17) is 4.74 Å². The molecule has 0 bridgehead atoms. The minimum absolute atomic E-state index is 0.0356. The van der Waals surface area contributed by atoms with E-state index < -0.39 is 0 Å². The van der Waals surface area contributed by atoms with Crippen molar-refractivity contribution in [3.63, 3.8) is 0 Å². The Morgan fingerprint density at radius 3 is 2.65 bits per heavy atom. The topological polar surface area (TPSA) is 48.1 Å². The first-order valence-electron chi connectivity index (χ1n) is 11.2. The first-order chi connectivity index (χ1) is 15.0. The number of carbonyl (C=O) groups excluding carboxylic acids is 1. The molecule has 0 spiro atoms. The van der Waals surface area contributed by atoms with Crippen LogP contribution in [0.1, 0.15) is 22.7 Å². The molecule has 31 heavy (non-hydrogen) atoms. The molecule has 2 heterocycles. The van der Waals surface area contributed by atoms with Crippen LogP contribution < -0.4 is 15.0 Å². The number of benzene rings is 2. The number of rotatable bonds is 7. The second-order valence-electron chi connectivity index (χ2n) is 8.82. The molecule has 166 valence electrons. The molecule has 0 saturated carbocycles. The number of carbonyl (C=O) groups is 1. The predicted octanol–water partition coefficient (Wildman–Crippen LogP) is 2.47. The molecule has 2 aliphatic heterocycles. The average Bonchev–Trinajstić information content (AvgIpc) is 3.14. The van der Waals surface area contributed by atoms with Gasteiger partial charge >= 0.3 is 0 Å². The number of fused-ring (bicyclic) bond motifs is 1. The average molecular weight is 423 g/mol. The highest BCUT2D eigenvalue weighted by atomic mass is 16.5. The van der Waals surface area contributed by atoms with Gasteiger partial charge in [-0.3, -0.25) is 9.69 Å². The lowest BCUT2D eigenvalue weighted by atomic mass is 10.00. The lowest BCUT2D eigenvalue weighted by molar-refractivity contribution is -0.123. The SMILES string of the molecule is Cc1cccc(OCC(=O)NC[C@@H](c2ccc3c(c2)CCN3C)N2CCN(C)CC2)c1. The Hall–Kier alpha value is -2.57. The third-order valence-corrected chi connectivity index (χ3v) is 6.45. The van der Waals surface area contributed by atoms with Crippen LogP contribution in [0.15, 0.2) is 42.5 Å². The summed E-state index contributed by atoms with van der Waals surface area (Å²) in [6.07, 6.45) is 1.09. The highest BCUT2D eigenvalue weighted by Gasteiger charge is 2.26. The lowest BCUT2D eigenvalue weighted by Gasteiger charge is -2.38. The molecule has 0 aliphatic carbocycles. The van der Waals surface area contributed by atoms with Crippen molar-refractivity contribution in [2.24, 2.45) is 0 Å². The van der Waals surface area contributed by atoms with E-state index in [1.54, 1.807) is 0 Å². The van der Waals surface area contributed by atoms with Gasteiger partial charge in [0.05, 0.1) is 6.04 Å². The Labute approximate surface area is 185 Å². The van der Waals surface area contributed by atoms with Gasteiger partial charge in [0.2, 0.25) is 0 Å². The summed E-state index contributed by atoms with van der Waals surface area (Å²) in [7, 11) is 4.32. The molecule has 6 heteroatoms. The number of piperazine rings is 1. The number of ether oxygens (including phenoxy) is 1. The van der Waals surface area contributed by atoms with Crippen molar-refractivity contribution in [1.29, 1.82) is 0 Å². The monoisotopic (exact) mass is 422 g/mol. The van der Waals surface area contributed by atoms with E-state index >= 15 is 0 Å². The number of aryl methyl sites for hydroxylation is 1. The third kappa shape index (κ3) is 5.38. The van der Waals surface area contributed by atoms with Crippen LogP contribution in [0.4, 0.5) is 5.69 Å². The summed E-state index contributed by atoms with van der Waals surface area (Å²) < 4.78 is 5.68. The Bertz CT molecular complexity index is 908. The maximum absolute atomic E-state index is 12.5. The van der Waals surface area contributed by atoms with Gasteiger partial charge in [-0.05, 0) is 55.3 Å². The number of likely N-dealkylation sites (N-methyl/N-ethyl adjacent to an activating group) is 2. The van der Waals surface area contributed by atoms with E-state index in [1.807, 2.05) is 31.2 Å². The zero-order valence-electron chi connectivity index (χ0n) is 18.9. The summed E-state index contributed by atoms with van der Waals surface area (Å²) in [6, 6.07) is 14.8. The van der Waals surface area contributed by atoms with Gasteiger partial charge < -0.3 is 19.9 Å². The fourth-order valence-corrected chi connectivity index (χ4v) is 4.50. The maximum Gasteiger partial charge on any atom is 0.258 e. The highest BCUT2D eigenvalue weighted by Crippen LogP contribution is 2.31. The standard InChI is InChI=1S/C25H34N4O2/c1-19-5-4-6-22(15-19)31-18-25(30)26-17-24(29-13-11-27(2)12-14-29)20-7-8-23-21(16-20)9-10-28(23)3/h4-8,15-16,24H,9-14,17-18H2,1-3H3,(H,26,30)/t24-/m0/s1. The second-order valence-corrected chi connectivity index (χ2v) is 8.82. The zero-order valence-corrected chi connectivity index (χ0v) is 18.9. The fourth-order valence-electron chi connectivity index (χ4n) is 4.50. The molecule has 0 radical (unpaired) electrons. The van der Waals surface area contributed by atoms with Crippen molar-refractivity contribution in [3.05, 3.63) is 59.2 Å². The van der Waals surface area contributed by atoms with Gasteiger partial charge in [0.15, 0.2) is 6.61 Å². The van der Waals surface area contributed by atoms with Crippen molar-refractivity contribution in [3.8, 4) is 5.75 Å². The van der Waals surface area contributed by atoms with Gasteiger partial charge in [0.1, 0.15) is 5.75 Å². The van der Waals surface area contributed by atoms with Gasteiger partial charge in [0.25, 0.3) is 5.91 Å². The van der Waals surface area contributed by atoms with Crippen LogP contribution in [0.2, 0.25) is 0 Å². The fraction of sp³-hybridized carbons (Fsp3) is 0.480. The molecule has 1 N–H and O–H groups in total. The number of hydrogen-bond donors (Lipinski definition) is 1. The Kier molecular flexibility index (Phi) is 6.78. The first kappa shape index (κ1) is 21.7. The molecule has 0 unspecified atom stereocenters. The minimum atomic E-state index is -0.0819. The van der Waals surface area contributed by atoms with E-state index in [0.717, 1.165) is 50.5 Å². The van der Waals surface area contributed by atoms with E-state index in [9.17, 15) is 4.79 Å². The van der Waals surface area contributed by atoms with Crippen molar-refractivity contribution in [2.45, 2.75) is 19.4 Å². The van der Waals surface area contributed by atoms with Crippen LogP contribution in [0.5, 0.6) is 5.75 Å². The zero-order chi connectivity index (χ0) is 21.8. The normalized spacial score (nSPS) is 18.0. The molecule has 2 aliphatic rings. The van der Waals surface area contributed by atoms with Crippen molar-refractivity contribution in [2.75, 3.05) is 64.9 Å². The molecule has 6 nitrogen and oxygen atoms in total. The summed E-state index contributed by atoms with van der Waals surface area (Å²) in [5, 5.41) is 3.12. The predicted molar refractivity (Wildman–Crippen MR) is 125 cm³/mol. The summed E-state index contributed by atoms with van der Waals surface area (Å²) in [6.45, 7) is 7.83. The van der Waals surface area contributed by atoms with Crippen LogP contribution >= 0.6 is 0 Å². The quantitative estimate of drug-likeness (QED) is 0.743. The maximum atomic E-state index is 12.5. The highest BCUT2D eigenvalue weighted by molar-refractivity contribution is 5.77. The molecule has 1 amide bonds. The molecule has 1 saturated heterocycles. The summed E-state index contributed by atoms with van der Waals surface area (Å²) in [5.74, 6) is 0.648. The molecule has 2 aromatic carbocycles.